The van der Waals surface area contributed by atoms with Gasteiger partial charge in [0.15, 0.2) is 0 Å². The summed E-state index contributed by atoms with van der Waals surface area (Å²) in [6.45, 7) is 3.91. The van der Waals surface area contributed by atoms with Crippen molar-refractivity contribution in [1.82, 2.24) is 15.5 Å². The molecule has 0 aromatic carbocycles. The summed E-state index contributed by atoms with van der Waals surface area (Å²) in [6.07, 6.45) is 3.03. The average molecular weight is 291 g/mol. The van der Waals surface area contributed by atoms with E-state index >= 15 is 0 Å². The number of rotatable bonds is 7. The van der Waals surface area contributed by atoms with Crippen LogP contribution in [-0.4, -0.2) is 27.3 Å². The Kier molecular flexibility index (Phi) is 5.16. The predicted octanol–water partition coefficient (Wildman–Crippen LogP) is 2.20. The lowest BCUT2D eigenvalue weighted by Gasteiger charge is -2.15. The topological polar surface area (TPSA) is 91.2 Å². The molecular weight excluding hydrogens is 270 g/mol. The molecule has 21 heavy (non-hydrogen) atoms. The molecule has 0 radical (unpaired) electrons. The minimum atomic E-state index is -0.731. The Morgan fingerprint density at radius 2 is 2.38 bits per heavy atom. The molecular formula is C15H21N3O3. The SMILES string of the molecule is CCCc1cc(C(=O)NC(C)CC(O)c2ccco2)n[nH]1. The number of nitrogens with one attached hydrogen (secondary N) is 2. The molecule has 2 aromatic rings. The molecule has 0 saturated heterocycles. The molecule has 114 valence electrons. The third kappa shape index (κ3) is 4.19. The minimum absolute atomic E-state index is 0.191. The van der Waals surface area contributed by atoms with Gasteiger partial charge in [-0.3, -0.25) is 9.89 Å². The lowest BCUT2D eigenvalue weighted by atomic mass is 10.1. The first-order valence-corrected chi connectivity index (χ1v) is 7.16. The van der Waals surface area contributed by atoms with E-state index in [0.29, 0.717) is 17.9 Å². The molecule has 2 aromatic heterocycles. The van der Waals surface area contributed by atoms with E-state index in [9.17, 15) is 9.90 Å². The molecule has 2 rings (SSSR count). The number of carbonyl (C=O) groups is 1. The van der Waals surface area contributed by atoms with E-state index in [0.717, 1.165) is 18.5 Å². The fourth-order valence-electron chi connectivity index (χ4n) is 2.16. The number of hydrogen-bond donors (Lipinski definition) is 3. The second kappa shape index (κ2) is 7.08. The maximum Gasteiger partial charge on any atom is 0.271 e. The van der Waals surface area contributed by atoms with Crippen molar-refractivity contribution in [3.8, 4) is 0 Å². The lowest BCUT2D eigenvalue weighted by molar-refractivity contribution is 0.0898. The normalized spacial score (nSPS) is 13.9. The Morgan fingerprint density at radius 1 is 1.57 bits per heavy atom. The molecule has 0 aliphatic heterocycles. The van der Waals surface area contributed by atoms with Crippen molar-refractivity contribution in [1.29, 1.82) is 0 Å². The highest BCUT2D eigenvalue weighted by molar-refractivity contribution is 5.92. The molecule has 2 heterocycles. The molecule has 0 aliphatic carbocycles. The van der Waals surface area contributed by atoms with Gasteiger partial charge >= 0.3 is 0 Å². The molecule has 6 heteroatoms. The second-order valence-electron chi connectivity index (χ2n) is 5.17. The number of aliphatic hydroxyl groups excluding tert-OH is 1. The molecule has 6 nitrogen and oxygen atoms in total. The molecule has 0 aliphatic rings. The predicted molar refractivity (Wildman–Crippen MR) is 77.8 cm³/mol. The van der Waals surface area contributed by atoms with Gasteiger partial charge in [0, 0.05) is 18.2 Å². The van der Waals surface area contributed by atoms with Crippen LogP contribution in [0.2, 0.25) is 0 Å². The molecule has 3 N–H and O–H groups in total. The summed E-state index contributed by atoms with van der Waals surface area (Å²) in [7, 11) is 0. The van der Waals surface area contributed by atoms with E-state index in [1.165, 1.54) is 6.26 Å². The first-order valence-electron chi connectivity index (χ1n) is 7.16. The van der Waals surface area contributed by atoms with Gasteiger partial charge < -0.3 is 14.8 Å². The minimum Gasteiger partial charge on any atom is -0.467 e. The third-order valence-corrected chi connectivity index (χ3v) is 3.21. The number of carbonyl (C=O) groups excluding carboxylic acids is 1. The molecule has 2 unspecified atom stereocenters. The molecule has 0 saturated carbocycles. The van der Waals surface area contributed by atoms with Crippen LogP contribution in [0.5, 0.6) is 0 Å². The van der Waals surface area contributed by atoms with Gasteiger partial charge in [0.1, 0.15) is 17.6 Å². The van der Waals surface area contributed by atoms with Crippen molar-refractivity contribution in [3.05, 3.63) is 41.6 Å². The number of hydrogen-bond acceptors (Lipinski definition) is 4. The van der Waals surface area contributed by atoms with Crippen molar-refractivity contribution in [3.63, 3.8) is 0 Å². The number of aromatic nitrogens is 2. The van der Waals surface area contributed by atoms with Crippen molar-refractivity contribution in [2.45, 2.75) is 45.3 Å². The Bertz CT molecular complexity index is 562. The Morgan fingerprint density at radius 3 is 3.05 bits per heavy atom. The van der Waals surface area contributed by atoms with Crippen LogP contribution >= 0.6 is 0 Å². The van der Waals surface area contributed by atoms with Crippen LogP contribution in [0, 0.1) is 0 Å². The summed E-state index contributed by atoms with van der Waals surface area (Å²) in [5, 5.41) is 19.6. The third-order valence-electron chi connectivity index (χ3n) is 3.21. The first kappa shape index (κ1) is 15.3. The number of furan rings is 1. The molecule has 0 spiro atoms. The van der Waals surface area contributed by atoms with Crippen molar-refractivity contribution in [2.75, 3.05) is 0 Å². The number of aromatic amines is 1. The molecule has 0 fully saturated rings. The molecule has 1 amide bonds. The lowest BCUT2D eigenvalue weighted by Crippen LogP contribution is -2.34. The maximum atomic E-state index is 12.0. The quantitative estimate of drug-likeness (QED) is 0.729. The highest BCUT2D eigenvalue weighted by Crippen LogP contribution is 2.18. The summed E-state index contributed by atoms with van der Waals surface area (Å²) in [6, 6.07) is 5.00. The number of aliphatic hydroxyl groups is 1. The van der Waals surface area contributed by atoms with Gasteiger partial charge in [-0.15, -0.1) is 0 Å². The van der Waals surface area contributed by atoms with E-state index in [2.05, 4.69) is 22.4 Å². The van der Waals surface area contributed by atoms with Gasteiger partial charge in [0.2, 0.25) is 0 Å². The second-order valence-corrected chi connectivity index (χ2v) is 5.17. The van der Waals surface area contributed by atoms with Crippen LogP contribution in [0.15, 0.2) is 28.9 Å². The van der Waals surface area contributed by atoms with Gasteiger partial charge in [-0.05, 0) is 31.5 Å². The summed E-state index contributed by atoms with van der Waals surface area (Å²) in [5.41, 5.74) is 1.32. The van der Waals surface area contributed by atoms with E-state index in [1.807, 2.05) is 6.92 Å². The van der Waals surface area contributed by atoms with Crippen LogP contribution in [0.25, 0.3) is 0 Å². The van der Waals surface area contributed by atoms with Crippen LogP contribution < -0.4 is 5.32 Å². The Balaban J connectivity index is 1.86. The van der Waals surface area contributed by atoms with Gasteiger partial charge in [-0.25, -0.2) is 0 Å². The van der Waals surface area contributed by atoms with Crippen molar-refractivity contribution < 1.29 is 14.3 Å². The summed E-state index contributed by atoms with van der Waals surface area (Å²) in [5.74, 6) is 0.258. The summed E-state index contributed by atoms with van der Waals surface area (Å²) >= 11 is 0. The van der Waals surface area contributed by atoms with Gasteiger partial charge in [-0.2, -0.15) is 5.10 Å². The van der Waals surface area contributed by atoms with Crippen molar-refractivity contribution in [2.24, 2.45) is 0 Å². The van der Waals surface area contributed by atoms with E-state index < -0.39 is 6.10 Å². The Hall–Kier alpha value is -2.08. The average Bonchev–Trinajstić information content (AvgIpc) is 3.10. The fourth-order valence-corrected chi connectivity index (χ4v) is 2.16. The maximum absolute atomic E-state index is 12.0. The van der Waals surface area contributed by atoms with Gasteiger partial charge in [0.05, 0.1) is 6.26 Å². The fraction of sp³-hybridized carbons (Fsp3) is 0.467. The zero-order chi connectivity index (χ0) is 15.2. The van der Waals surface area contributed by atoms with Gasteiger partial charge in [-0.1, -0.05) is 13.3 Å². The molecule has 0 bridgehead atoms. The zero-order valence-electron chi connectivity index (χ0n) is 12.3. The van der Waals surface area contributed by atoms with Crippen LogP contribution in [-0.2, 0) is 6.42 Å². The highest BCUT2D eigenvalue weighted by Gasteiger charge is 2.18. The monoisotopic (exact) mass is 291 g/mol. The largest absolute Gasteiger partial charge is 0.467 e. The number of nitrogens with zero attached hydrogens (tertiary/aromatic N) is 1. The van der Waals surface area contributed by atoms with Crippen molar-refractivity contribution >= 4 is 5.91 Å². The van der Waals surface area contributed by atoms with E-state index in [4.69, 9.17) is 4.42 Å². The van der Waals surface area contributed by atoms with Gasteiger partial charge in [0.25, 0.3) is 5.91 Å². The first-order chi connectivity index (χ1) is 10.1. The Labute approximate surface area is 123 Å². The highest BCUT2D eigenvalue weighted by atomic mass is 16.4. The van der Waals surface area contributed by atoms with E-state index in [-0.39, 0.29) is 11.9 Å². The summed E-state index contributed by atoms with van der Waals surface area (Å²) in [4.78, 5) is 12.0. The smallest absolute Gasteiger partial charge is 0.271 e. The molecule has 2 atom stereocenters. The van der Waals surface area contributed by atoms with Crippen LogP contribution in [0.1, 0.15) is 54.7 Å². The summed E-state index contributed by atoms with van der Waals surface area (Å²) < 4.78 is 5.14. The number of H-pyrrole nitrogens is 1. The number of aryl methyl sites for hydroxylation is 1. The zero-order valence-corrected chi connectivity index (χ0v) is 12.3. The van der Waals surface area contributed by atoms with Crippen LogP contribution in [0.4, 0.5) is 0 Å². The standard InChI is InChI=1S/C15H21N3O3/c1-3-5-11-9-12(18-17-11)15(20)16-10(2)8-13(19)14-6-4-7-21-14/h4,6-7,9-10,13,19H,3,5,8H2,1-2H3,(H,16,20)(H,17,18). The van der Waals surface area contributed by atoms with Crippen LogP contribution in [0.3, 0.4) is 0 Å². The number of amides is 1. The van der Waals surface area contributed by atoms with E-state index in [1.54, 1.807) is 18.2 Å².